The molecule has 3 heteroatoms. The Morgan fingerprint density at radius 1 is 1.25 bits per heavy atom. The molecule has 0 aliphatic carbocycles. The quantitative estimate of drug-likeness (QED) is 0.828. The van der Waals surface area contributed by atoms with Crippen molar-refractivity contribution in [3.63, 3.8) is 0 Å². The smallest absolute Gasteiger partial charge is 0.0637 e. The lowest BCUT2D eigenvalue weighted by Crippen LogP contribution is -2.35. The van der Waals surface area contributed by atoms with Crippen molar-refractivity contribution in [2.24, 2.45) is 0 Å². The molecule has 0 saturated heterocycles. The highest BCUT2D eigenvalue weighted by Gasteiger charge is 2.10. The Kier molecular flexibility index (Phi) is 6.50. The van der Waals surface area contributed by atoms with Crippen LogP contribution >= 0.6 is 0 Å². The maximum absolute atomic E-state index is 5.18. The lowest BCUT2D eigenvalue weighted by atomic mass is 10.1. The number of nitrogens with one attached hydrogen (secondary N) is 1. The summed E-state index contributed by atoms with van der Waals surface area (Å²) in [6.45, 7) is 14.6. The highest BCUT2D eigenvalue weighted by Crippen LogP contribution is 2.21. The van der Waals surface area contributed by atoms with Crippen LogP contribution in [-0.2, 0) is 11.3 Å². The molecule has 114 valence electrons. The number of hydrogen-bond acceptors (Lipinski definition) is 3. The van der Waals surface area contributed by atoms with Crippen molar-refractivity contribution < 1.29 is 4.74 Å². The summed E-state index contributed by atoms with van der Waals surface area (Å²) in [5, 5.41) is 3.53. The van der Waals surface area contributed by atoms with E-state index in [9.17, 15) is 0 Å². The first-order chi connectivity index (χ1) is 9.37. The summed E-state index contributed by atoms with van der Waals surface area (Å²) in [5.74, 6) is 0. The maximum Gasteiger partial charge on any atom is 0.0637 e. The standard InChI is InChI=1S/C17H30N2O/c1-7-19(10-11-20-6)16-9-8-15(12-14(16)2)13-18-17(3,4)5/h8-9,12,18H,7,10-11,13H2,1-6H3. The number of likely N-dealkylation sites (N-methyl/N-ethyl adjacent to an activating group) is 1. The van der Waals surface area contributed by atoms with Gasteiger partial charge in [0.25, 0.3) is 0 Å². The summed E-state index contributed by atoms with van der Waals surface area (Å²) in [6, 6.07) is 6.73. The first-order valence-electron chi connectivity index (χ1n) is 7.46. The average Bonchev–Trinajstić information content (AvgIpc) is 2.38. The zero-order chi connectivity index (χ0) is 15.2. The van der Waals surface area contributed by atoms with Crippen LogP contribution in [0.5, 0.6) is 0 Å². The molecule has 20 heavy (non-hydrogen) atoms. The van der Waals surface area contributed by atoms with Gasteiger partial charge in [-0.3, -0.25) is 0 Å². The Bertz CT molecular complexity index is 410. The molecule has 0 aromatic heterocycles. The average molecular weight is 278 g/mol. The fraction of sp³-hybridized carbons (Fsp3) is 0.647. The molecule has 0 aliphatic rings. The minimum atomic E-state index is 0.153. The normalized spacial score (nSPS) is 11.7. The first kappa shape index (κ1) is 17.0. The van der Waals surface area contributed by atoms with Crippen LogP contribution in [0.2, 0.25) is 0 Å². The van der Waals surface area contributed by atoms with Gasteiger partial charge >= 0.3 is 0 Å². The monoisotopic (exact) mass is 278 g/mol. The Labute approximate surface area is 124 Å². The van der Waals surface area contributed by atoms with Crippen LogP contribution in [-0.4, -0.2) is 32.3 Å². The van der Waals surface area contributed by atoms with Crippen LogP contribution in [0, 0.1) is 6.92 Å². The van der Waals surface area contributed by atoms with Gasteiger partial charge in [-0.15, -0.1) is 0 Å². The van der Waals surface area contributed by atoms with Gasteiger partial charge in [0.05, 0.1) is 6.61 Å². The fourth-order valence-electron chi connectivity index (χ4n) is 2.20. The molecule has 0 amide bonds. The lowest BCUT2D eigenvalue weighted by Gasteiger charge is -2.25. The van der Waals surface area contributed by atoms with Crippen molar-refractivity contribution in [1.82, 2.24) is 5.32 Å². The Balaban J connectivity index is 2.76. The van der Waals surface area contributed by atoms with E-state index in [-0.39, 0.29) is 5.54 Å². The molecule has 0 atom stereocenters. The number of methoxy groups -OCH3 is 1. The predicted octanol–water partition coefficient (Wildman–Crippen LogP) is 3.36. The molecule has 1 N–H and O–H groups in total. The number of nitrogens with zero attached hydrogens (tertiary/aromatic N) is 1. The van der Waals surface area contributed by atoms with Gasteiger partial charge in [-0.2, -0.15) is 0 Å². The molecule has 1 aromatic rings. The molecule has 1 aromatic carbocycles. The molecule has 3 nitrogen and oxygen atoms in total. The van der Waals surface area contributed by atoms with Crippen LogP contribution in [0.1, 0.15) is 38.8 Å². The summed E-state index contributed by atoms with van der Waals surface area (Å²) < 4.78 is 5.18. The van der Waals surface area contributed by atoms with Crippen molar-refractivity contribution in [1.29, 1.82) is 0 Å². The van der Waals surface area contributed by atoms with E-state index < -0.39 is 0 Å². The fourth-order valence-corrected chi connectivity index (χ4v) is 2.20. The predicted molar refractivity (Wildman–Crippen MR) is 87.5 cm³/mol. The van der Waals surface area contributed by atoms with Gasteiger partial charge in [0.1, 0.15) is 0 Å². The number of anilines is 1. The van der Waals surface area contributed by atoms with Crippen molar-refractivity contribution in [2.75, 3.05) is 31.7 Å². The molecular formula is C17H30N2O. The van der Waals surface area contributed by atoms with E-state index in [1.165, 1.54) is 16.8 Å². The van der Waals surface area contributed by atoms with Gasteiger partial charge in [-0.05, 0) is 51.8 Å². The first-order valence-corrected chi connectivity index (χ1v) is 7.46. The molecule has 0 heterocycles. The van der Waals surface area contributed by atoms with Crippen molar-refractivity contribution >= 4 is 5.69 Å². The van der Waals surface area contributed by atoms with E-state index in [2.05, 4.69) is 63.0 Å². The second kappa shape index (κ2) is 7.65. The summed E-state index contributed by atoms with van der Waals surface area (Å²) in [6.07, 6.45) is 0. The number of rotatable bonds is 7. The van der Waals surface area contributed by atoms with Crippen LogP contribution in [0.15, 0.2) is 18.2 Å². The zero-order valence-electron chi connectivity index (χ0n) is 13.9. The summed E-state index contributed by atoms with van der Waals surface area (Å²) in [4.78, 5) is 2.36. The van der Waals surface area contributed by atoms with Gasteiger partial charge in [-0.25, -0.2) is 0 Å². The number of benzene rings is 1. The van der Waals surface area contributed by atoms with Crippen molar-refractivity contribution in [3.05, 3.63) is 29.3 Å². The summed E-state index contributed by atoms with van der Waals surface area (Å²) in [7, 11) is 1.75. The second-order valence-corrected chi connectivity index (χ2v) is 6.30. The van der Waals surface area contributed by atoms with Gasteiger partial charge in [0.2, 0.25) is 0 Å². The number of hydrogen-bond donors (Lipinski definition) is 1. The van der Waals surface area contributed by atoms with E-state index >= 15 is 0 Å². The highest BCUT2D eigenvalue weighted by molar-refractivity contribution is 5.54. The Hall–Kier alpha value is -1.06. The van der Waals surface area contributed by atoms with E-state index in [0.29, 0.717) is 0 Å². The summed E-state index contributed by atoms with van der Waals surface area (Å²) >= 11 is 0. The SMILES string of the molecule is CCN(CCOC)c1ccc(CNC(C)(C)C)cc1C. The van der Waals surface area contributed by atoms with Gasteiger partial charge in [0.15, 0.2) is 0 Å². The maximum atomic E-state index is 5.18. The van der Waals surface area contributed by atoms with E-state index in [1.807, 2.05) is 0 Å². The van der Waals surface area contributed by atoms with Gasteiger partial charge < -0.3 is 15.0 Å². The topological polar surface area (TPSA) is 24.5 Å². The largest absolute Gasteiger partial charge is 0.383 e. The van der Waals surface area contributed by atoms with Crippen molar-refractivity contribution in [3.8, 4) is 0 Å². The molecule has 0 fully saturated rings. The number of ether oxygens (including phenoxy) is 1. The second-order valence-electron chi connectivity index (χ2n) is 6.30. The molecule has 0 unspecified atom stereocenters. The van der Waals surface area contributed by atoms with Crippen LogP contribution < -0.4 is 10.2 Å². The highest BCUT2D eigenvalue weighted by atomic mass is 16.5. The minimum Gasteiger partial charge on any atom is -0.383 e. The zero-order valence-corrected chi connectivity index (χ0v) is 13.9. The third kappa shape index (κ3) is 5.51. The molecule has 0 saturated carbocycles. The van der Waals surface area contributed by atoms with Crippen LogP contribution in [0.3, 0.4) is 0 Å². The molecule has 1 rings (SSSR count). The number of aryl methyl sites for hydroxylation is 1. The molecule has 0 aliphatic heterocycles. The third-order valence-electron chi connectivity index (χ3n) is 3.37. The van der Waals surface area contributed by atoms with E-state index in [4.69, 9.17) is 4.74 Å². The molecule has 0 spiro atoms. The van der Waals surface area contributed by atoms with Gasteiger partial charge in [0, 0.05) is 38.0 Å². The third-order valence-corrected chi connectivity index (χ3v) is 3.37. The minimum absolute atomic E-state index is 0.153. The Morgan fingerprint density at radius 2 is 1.95 bits per heavy atom. The van der Waals surface area contributed by atoms with Crippen LogP contribution in [0.25, 0.3) is 0 Å². The molecule has 0 radical (unpaired) electrons. The molecular weight excluding hydrogens is 248 g/mol. The van der Waals surface area contributed by atoms with Crippen molar-refractivity contribution in [2.45, 2.75) is 46.7 Å². The lowest BCUT2D eigenvalue weighted by molar-refractivity contribution is 0.205. The van der Waals surface area contributed by atoms with E-state index in [0.717, 1.165) is 26.2 Å². The Morgan fingerprint density at radius 3 is 2.45 bits per heavy atom. The van der Waals surface area contributed by atoms with E-state index in [1.54, 1.807) is 7.11 Å². The summed E-state index contributed by atoms with van der Waals surface area (Å²) in [5.41, 5.74) is 4.13. The van der Waals surface area contributed by atoms with Crippen LogP contribution in [0.4, 0.5) is 5.69 Å². The molecule has 0 bridgehead atoms. The van der Waals surface area contributed by atoms with Gasteiger partial charge in [-0.1, -0.05) is 12.1 Å².